The summed E-state index contributed by atoms with van der Waals surface area (Å²) in [5.41, 5.74) is 3.97. The van der Waals surface area contributed by atoms with Crippen molar-refractivity contribution in [2.75, 3.05) is 16.0 Å². The SMILES string of the molecule is Cc1ccc(NC(=O)Nc2nc(CC(=O)Nc3cc(Cl)ccc3C)cs2)cc1. The highest BCUT2D eigenvalue weighted by Gasteiger charge is 2.11. The molecule has 0 unspecified atom stereocenters. The lowest BCUT2D eigenvalue weighted by molar-refractivity contribution is -0.115. The number of urea groups is 1. The van der Waals surface area contributed by atoms with Gasteiger partial charge in [0.2, 0.25) is 5.91 Å². The monoisotopic (exact) mass is 414 g/mol. The molecule has 0 aliphatic rings. The highest BCUT2D eigenvalue weighted by molar-refractivity contribution is 7.14. The van der Waals surface area contributed by atoms with E-state index in [4.69, 9.17) is 11.6 Å². The minimum absolute atomic E-state index is 0.101. The Balaban J connectivity index is 1.54. The number of rotatable bonds is 5. The van der Waals surface area contributed by atoms with Crippen molar-refractivity contribution in [3.63, 3.8) is 0 Å². The Morgan fingerprint density at radius 3 is 2.54 bits per heavy atom. The van der Waals surface area contributed by atoms with Crippen LogP contribution in [0.3, 0.4) is 0 Å². The summed E-state index contributed by atoms with van der Waals surface area (Å²) in [5, 5.41) is 11.0. The van der Waals surface area contributed by atoms with Gasteiger partial charge in [0.1, 0.15) is 0 Å². The highest BCUT2D eigenvalue weighted by Crippen LogP contribution is 2.21. The maximum Gasteiger partial charge on any atom is 0.325 e. The van der Waals surface area contributed by atoms with Crippen LogP contribution in [0, 0.1) is 13.8 Å². The van der Waals surface area contributed by atoms with Crippen molar-refractivity contribution in [1.82, 2.24) is 4.98 Å². The third-order valence-corrected chi connectivity index (χ3v) is 4.94. The lowest BCUT2D eigenvalue weighted by Gasteiger charge is -2.08. The van der Waals surface area contributed by atoms with E-state index in [0.29, 0.717) is 27.2 Å². The normalized spacial score (nSPS) is 10.4. The van der Waals surface area contributed by atoms with Gasteiger partial charge in [-0.15, -0.1) is 11.3 Å². The molecule has 0 aliphatic carbocycles. The first kappa shape index (κ1) is 19.9. The van der Waals surface area contributed by atoms with Gasteiger partial charge in [0, 0.05) is 21.8 Å². The predicted octanol–water partition coefficient (Wildman–Crippen LogP) is 5.24. The van der Waals surface area contributed by atoms with Crippen molar-refractivity contribution in [3.05, 3.63) is 69.7 Å². The summed E-state index contributed by atoms with van der Waals surface area (Å²) >= 11 is 7.23. The Morgan fingerprint density at radius 2 is 1.79 bits per heavy atom. The fraction of sp³-hybridized carbons (Fsp3) is 0.150. The van der Waals surface area contributed by atoms with Gasteiger partial charge in [0.15, 0.2) is 5.13 Å². The number of hydrogen-bond acceptors (Lipinski definition) is 4. The maximum absolute atomic E-state index is 12.3. The zero-order valence-electron chi connectivity index (χ0n) is 15.4. The number of anilines is 3. The van der Waals surface area contributed by atoms with Crippen LogP contribution in [0.5, 0.6) is 0 Å². The van der Waals surface area contributed by atoms with E-state index in [-0.39, 0.29) is 18.4 Å². The van der Waals surface area contributed by atoms with E-state index in [1.54, 1.807) is 17.5 Å². The van der Waals surface area contributed by atoms with Gasteiger partial charge in [-0.1, -0.05) is 35.4 Å². The van der Waals surface area contributed by atoms with E-state index in [2.05, 4.69) is 20.9 Å². The Kier molecular flexibility index (Phi) is 6.28. The van der Waals surface area contributed by atoms with Crippen LogP contribution in [-0.2, 0) is 11.2 Å². The van der Waals surface area contributed by atoms with Crippen molar-refractivity contribution in [3.8, 4) is 0 Å². The van der Waals surface area contributed by atoms with Gasteiger partial charge in [-0.05, 0) is 43.7 Å². The summed E-state index contributed by atoms with van der Waals surface area (Å²) in [7, 11) is 0. The second-order valence-electron chi connectivity index (χ2n) is 6.27. The molecule has 0 spiro atoms. The van der Waals surface area contributed by atoms with Gasteiger partial charge >= 0.3 is 6.03 Å². The van der Waals surface area contributed by atoms with Gasteiger partial charge in [0.05, 0.1) is 12.1 Å². The first-order chi connectivity index (χ1) is 13.4. The Bertz CT molecular complexity index is 1000. The topological polar surface area (TPSA) is 83.1 Å². The zero-order chi connectivity index (χ0) is 20.1. The average molecular weight is 415 g/mol. The second kappa shape index (κ2) is 8.86. The minimum atomic E-state index is -0.385. The molecule has 2 aromatic carbocycles. The number of carbonyl (C=O) groups excluding carboxylic acids is 2. The van der Waals surface area contributed by atoms with Crippen LogP contribution in [0.25, 0.3) is 0 Å². The molecule has 8 heteroatoms. The molecular weight excluding hydrogens is 396 g/mol. The molecule has 144 valence electrons. The summed E-state index contributed by atoms with van der Waals surface area (Å²) in [6.07, 6.45) is 0.101. The lowest BCUT2D eigenvalue weighted by Crippen LogP contribution is -2.19. The number of benzene rings is 2. The number of carbonyl (C=O) groups is 2. The first-order valence-electron chi connectivity index (χ1n) is 8.54. The number of aromatic nitrogens is 1. The van der Waals surface area contributed by atoms with Crippen LogP contribution in [-0.4, -0.2) is 16.9 Å². The number of aryl methyl sites for hydroxylation is 2. The summed E-state index contributed by atoms with van der Waals surface area (Å²) in [6, 6.07) is 12.4. The number of amides is 3. The van der Waals surface area contributed by atoms with E-state index in [9.17, 15) is 9.59 Å². The number of thiazole rings is 1. The van der Waals surface area contributed by atoms with Crippen LogP contribution in [0.1, 0.15) is 16.8 Å². The van der Waals surface area contributed by atoms with Crippen LogP contribution in [0.4, 0.5) is 21.3 Å². The van der Waals surface area contributed by atoms with E-state index in [1.807, 2.05) is 44.2 Å². The fourth-order valence-electron chi connectivity index (χ4n) is 2.43. The first-order valence-corrected chi connectivity index (χ1v) is 9.80. The minimum Gasteiger partial charge on any atom is -0.325 e. The largest absolute Gasteiger partial charge is 0.325 e. The predicted molar refractivity (Wildman–Crippen MR) is 114 cm³/mol. The molecule has 0 aliphatic heterocycles. The summed E-state index contributed by atoms with van der Waals surface area (Å²) < 4.78 is 0. The third kappa shape index (κ3) is 5.55. The number of nitrogens with zero attached hydrogens (tertiary/aromatic N) is 1. The van der Waals surface area contributed by atoms with Crippen molar-refractivity contribution in [2.24, 2.45) is 0 Å². The van der Waals surface area contributed by atoms with Crippen LogP contribution < -0.4 is 16.0 Å². The summed E-state index contributed by atoms with van der Waals surface area (Å²) in [4.78, 5) is 28.6. The number of hydrogen-bond donors (Lipinski definition) is 3. The molecule has 3 N–H and O–H groups in total. The molecule has 0 atom stereocenters. The van der Waals surface area contributed by atoms with Gasteiger partial charge in [-0.3, -0.25) is 10.1 Å². The van der Waals surface area contributed by atoms with E-state index in [1.165, 1.54) is 11.3 Å². The molecule has 0 bridgehead atoms. The quantitative estimate of drug-likeness (QED) is 0.534. The number of halogens is 1. The van der Waals surface area contributed by atoms with Gasteiger partial charge in [0.25, 0.3) is 0 Å². The molecule has 3 aromatic rings. The molecule has 28 heavy (non-hydrogen) atoms. The van der Waals surface area contributed by atoms with Crippen molar-refractivity contribution < 1.29 is 9.59 Å². The average Bonchev–Trinajstić information content (AvgIpc) is 3.06. The van der Waals surface area contributed by atoms with Gasteiger partial charge in [-0.2, -0.15) is 0 Å². The molecule has 0 fully saturated rings. The number of nitrogens with one attached hydrogen (secondary N) is 3. The van der Waals surface area contributed by atoms with E-state index < -0.39 is 0 Å². The Morgan fingerprint density at radius 1 is 1.04 bits per heavy atom. The van der Waals surface area contributed by atoms with Gasteiger partial charge < -0.3 is 10.6 Å². The van der Waals surface area contributed by atoms with Gasteiger partial charge in [-0.25, -0.2) is 9.78 Å². The standard InChI is InChI=1S/C20H19ClN4O2S/c1-12-3-7-15(8-4-12)22-19(27)25-20-23-16(11-28-20)10-18(26)24-17-9-14(21)6-5-13(17)2/h3-9,11H,10H2,1-2H3,(H,24,26)(H2,22,23,25,27). The summed E-state index contributed by atoms with van der Waals surface area (Å²) in [5.74, 6) is -0.202. The summed E-state index contributed by atoms with van der Waals surface area (Å²) in [6.45, 7) is 3.87. The van der Waals surface area contributed by atoms with Crippen LogP contribution >= 0.6 is 22.9 Å². The molecule has 3 amide bonds. The molecule has 0 radical (unpaired) electrons. The Labute approximate surface area is 172 Å². The van der Waals surface area contributed by atoms with Crippen molar-refractivity contribution >= 4 is 51.4 Å². The molecule has 1 aromatic heterocycles. The highest BCUT2D eigenvalue weighted by atomic mass is 35.5. The lowest BCUT2D eigenvalue weighted by atomic mass is 10.2. The molecule has 0 saturated carbocycles. The molecule has 1 heterocycles. The molecule has 6 nitrogen and oxygen atoms in total. The second-order valence-corrected chi connectivity index (χ2v) is 7.57. The zero-order valence-corrected chi connectivity index (χ0v) is 16.9. The Hall–Kier alpha value is -2.90. The molecule has 0 saturated heterocycles. The third-order valence-electron chi connectivity index (χ3n) is 3.90. The van der Waals surface area contributed by atoms with Crippen molar-refractivity contribution in [1.29, 1.82) is 0 Å². The van der Waals surface area contributed by atoms with Crippen LogP contribution in [0.2, 0.25) is 5.02 Å². The molecular formula is C20H19ClN4O2S. The maximum atomic E-state index is 12.3. The van der Waals surface area contributed by atoms with E-state index >= 15 is 0 Å². The van der Waals surface area contributed by atoms with E-state index in [0.717, 1.165) is 11.1 Å². The smallest absolute Gasteiger partial charge is 0.325 e. The van der Waals surface area contributed by atoms with Crippen molar-refractivity contribution in [2.45, 2.75) is 20.3 Å². The molecule has 3 rings (SSSR count). The van der Waals surface area contributed by atoms with Crippen LogP contribution in [0.15, 0.2) is 47.8 Å². The fourth-order valence-corrected chi connectivity index (χ4v) is 3.31.